The van der Waals surface area contributed by atoms with E-state index in [4.69, 9.17) is 16.6 Å². The molecule has 0 saturated heterocycles. The highest BCUT2D eigenvalue weighted by Gasteiger charge is 2.43. The number of benzene rings is 2. The van der Waals surface area contributed by atoms with Gasteiger partial charge < -0.3 is 10.0 Å². The van der Waals surface area contributed by atoms with Gasteiger partial charge in [-0.25, -0.2) is 9.36 Å². The maximum Gasteiger partial charge on any atom is 0.335 e. The van der Waals surface area contributed by atoms with E-state index in [1.165, 1.54) is 0 Å². The Hall–Kier alpha value is -4.05. The van der Waals surface area contributed by atoms with Gasteiger partial charge in [0, 0.05) is 23.3 Å². The van der Waals surface area contributed by atoms with Crippen molar-refractivity contribution in [3.63, 3.8) is 0 Å². The summed E-state index contributed by atoms with van der Waals surface area (Å²) in [5, 5.41) is 10.2. The van der Waals surface area contributed by atoms with Gasteiger partial charge in [-0.3, -0.25) is 4.55 Å². The van der Waals surface area contributed by atoms with E-state index in [0.29, 0.717) is 11.6 Å². The predicted octanol–water partition coefficient (Wildman–Crippen LogP) is 8.09. The number of carbonyl (C=O) groups is 1. The Morgan fingerprint density at radius 2 is 1.69 bits per heavy atom. The summed E-state index contributed by atoms with van der Waals surface area (Å²) in [4.78, 5) is 18.8. The molecule has 2 aromatic carbocycles. The minimum Gasteiger partial charge on any atom is -0.478 e. The third kappa shape index (κ3) is 7.33. The number of carboxylic acids is 1. The molecule has 2 N–H and O–H groups in total. The molecule has 48 heavy (non-hydrogen) atoms. The highest BCUT2D eigenvalue weighted by molar-refractivity contribution is 7.85. The second kappa shape index (κ2) is 13.8. The molecule has 3 heterocycles. The van der Waals surface area contributed by atoms with E-state index in [2.05, 4.69) is 50.2 Å². The van der Waals surface area contributed by atoms with Gasteiger partial charge in [-0.15, -0.1) is 0 Å². The molecule has 0 spiro atoms. The minimum absolute atomic E-state index is 0.197. The van der Waals surface area contributed by atoms with Crippen molar-refractivity contribution in [3.8, 4) is 0 Å². The van der Waals surface area contributed by atoms with E-state index in [1.807, 2.05) is 54.8 Å². The lowest BCUT2D eigenvalue weighted by atomic mass is 9.81. The van der Waals surface area contributed by atoms with Gasteiger partial charge in [0.05, 0.1) is 33.9 Å². The summed E-state index contributed by atoms with van der Waals surface area (Å²) in [7, 11) is -4.09. The van der Waals surface area contributed by atoms with Crippen molar-refractivity contribution in [2.75, 3.05) is 17.2 Å². The van der Waals surface area contributed by atoms with Crippen molar-refractivity contribution in [2.24, 2.45) is 4.99 Å². The van der Waals surface area contributed by atoms with Crippen molar-refractivity contribution in [2.45, 2.75) is 71.3 Å². The molecule has 0 bridgehead atoms. The molecule has 2 aliphatic rings. The first-order chi connectivity index (χ1) is 22.6. The Kier molecular flexibility index (Phi) is 10.2. The molecule has 8 nitrogen and oxygen atoms in total. The fourth-order valence-electron chi connectivity index (χ4n) is 6.50. The Morgan fingerprint density at radius 3 is 2.35 bits per heavy atom. The number of hydrogen-bond donors (Lipinski definition) is 2. The zero-order valence-corrected chi connectivity index (χ0v) is 29.6. The Labute approximate surface area is 288 Å². The molecular formula is C38H43ClN3O5S+. The molecule has 2 aliphatic heterocycles. The van der Waals surface area contributed by atoms with Crippen LogP contribution < -0.4 is 9.47 Å². The SMILES string of the molecule is CCCC[n+]1cc(Cl)cc2c1N=C(/C=C/C(=C/C=C1/N(CCCS(=O)(=O)O)c3ccccc3C1(C)C)c1ccc(C(=O)O)cc1)C2(C)C. The van der Waals surface area contributed by atoms with Gasteiger partial charge >= 0.3 is 11.8 Å². The minimum atomic E-state index is -4.09. The van der Waals surface area contributed by atoms with Gasteiger partial charge in [0.15, 0.2) is 5.71 Å². The number of rotatable bonds is 12. The normalized spacial score (nSPS) is 17.6. The van der Waals surface area contributed by atoms with E-state index >= 15 is 0 Å². The zero-order valence-electron chi connectivity index (χ0n) is 28.1. The number of anilines is 1. The summed E-state index contributed by atoms with van der Waals surface area (Å²) >= 11 is 6.56. The van der Waals surface area contributed by atoms with Gasteiger partial charge in [0.2, 0.25) is 0 Å². The quantitative estimate of drug-likeness (QED) is 0.113. The van der Waals surface area contributed by atoms with E-state index < -0.39 is 26.9 Å². The van der Waals surface area contributed by atoms with Crippen LogP contribution in [0.1, 0.15) is 80.9 Å². The maximum absolute atomic E-state index is 11.6. The number of aliphatic imine (C=N–C) groups is 1. The van der Waals surface area contributed by atoms with E-state index in [0.717, 1.165) is 64.6 Å². The molecule has 252 valence electrons. The number of hydrogen-bond acceptors (Lipinski definition) is 5. The molecule has 10 heteroatoms. The van der Waals surface area contributed by atoms with Gasteiger partial charge in [0.1, 0.15) is 6.20 Å². The highest BCUT2D eigenvalue weighted by atomic mass is 35.5. The second-order valence-corrected chi connectivity index (χ2v) is 15.4. The first-order valence-corrected chi connectivity index (χ1v) is 18.2. The fraction of sp³-hybridized carbons (Fsp3) is 0.342. The molecular weight excluding hydrogens is 646 g/mol. The van der Waals surface area contributed by atoms with Crippen LogP contribution >= 0.6 is 11.6 Å². The monoisotopic (exact) mass is 688 g/mol. The lowest BCUT2D eigenvalue weighted by molar-refractivity contribution is -0.684. The summed E-state index contributed by atoms with van der Waals surface area (Å²) < 4.78 is 34.6. The first-order valence-electron chi connectivity index (χ1n) is 16.2. The van der Waals surface area contributed by atoms with Crippen LogP contribution in [0.5, 0.6) is 0 Å². The maximum atomic E-state index is 11.6. The molecule has 0 unspecified atom stereocenters. The number of aryl methyl sites for hydroxylation is 1. The van der Waals surface area contributed by atoms with E-state index in [9.17, 15) is 22.9 Å². The molecule has 0 radical (unpaired) electrons. The third-order valence-electron chi connectivity index (χ3n) is 9.26. The number of aromatic nitrogens is 1. The number of unbranched alkanes of at least 4 members (excludes halogenated alkanes) is 1. The average Bonchev–Trinajstić information content (AvgIpc) is 3.40. The molecule has 0 saturated carbocycles. The van der Waals surface area contributed by atoms with Crippen LogP contribution in [0, 0.1) is 0 Å². The van der Waals surface area contributed by atoms with Crippen LogP contribution in [-0.4, -0.2) is 42.1 Å². The number of para-hydroxylation sites is 1. The topological polar surface area (TPSA) is 111 Å². The number of halogens is 1. The van der Waals surface area contributed by atoms with E-state index in [-0.39, 0.29) is 17.7 Å². The van der Waals surface area contributed by atoms with Gasteiger partial charge in [-0.1, -0.05) is 81.3 Å². The van der Waals surface area contributed by atoms with Crippen molar-refractivity contribution < 1.29 is 27.4 Å². The highest BCUT2D eigenvalue weighted by Crippen LogP contribution is 2.48. The van der Waals surface area contributed by atoms with Gasteiger partial charge in [-0.2, -0.15) is 8.42 Å². The lowest BCUT2D eigenvalue weighted by Crippen LogP contribution is -2.35. The molecule has 1 aromatic heterocycles. The standard InChI is InChI=1S/C38H42ClN3O5S/c1-6-7-21-41-25-29(39)24-31-35(41)40-33(37(31,2)3)19-17-27(26-13-15-28(16-14-26)36(43)44)18-20-34-38(4,5)30-11-8-9-12-32(30)42(34)22-10-23-48(45,46)47/h8-9,11-20,24-25H,6-7,10,21-23H2,1-5H3,(H-,43,44,45,46,47)/p+1. The largest absolute Gasteiger partial charge is 0.478 e. The Balaban J connectivity index is 1.58. The Bertz CT molecular complexity index is 1960. The van der Waals surface area contributed by atoms with Gasteiger partial charge in [0.25, 0.3) is 10.1 Å². The van der Waals surface area contributed by atoms with Crippen LogP contribution in [0.2, 0.25) is 5.02 Å². The lowest BCUT2D eigenvalue weighted by Gasteiger charge is -2.27. The molecule has 0 aliphatic carbocycles. The third-order valence-corrected chi connectivity index (χ3v) is 10.3. The number of allylic oxidation sites excluding steroid dienone is 6. The van der Waals surface area contributed by atoms with Crippen LogP contribution in [0.15, 0.2) is 95.8 Å². The fourth-order valence-corrected chi connectivity index (χ4v) is 7.22. The number of aromatic carboxylic acids is 1. The molecule has 0 amide bonds. The summed E-state index contributed by atoms with van der Waals surface area (Å²) in [6.07, 6.45) is 12.4. The molecule has 0 atom stereocenters. The van der Waals surface area contributed by atoms with Gasteiger partial charge in [-0.05, 0) is 84.8 Å². The summed E-state index contributed by atoms with van der Waals surface area (Å²) in [5.74, 6) is -0.420. The number of fused-ring (bicyclic) bond motifs is 2. The average molecular weight is 689 g/mol. The van der Waals surface area contributed by atoms with Crippen LogP contribution in [0.4, 0.5) is 11.5 Å². The first kappa shape index (κ1) is 35.3. The summed E-state index contributed by atoms with van der Waals surface area (Å²) in [6.45, 7) is 11.9. The van der Waals surface area contributed by atoms with Crippen LogP contribution in [0.25, 0.3) is 5.57 Å². The number of pyridine rings is 1. The second-order valence-electron chi connectivity index (χ2n) is 13.4. The van der Waals surface area contributed by atoms with Crippen molar-refractivity contribution >= 4 is 50.5 Å². The van der Waals surface area contributed by atoms with Crippen LogP contribution in [0.3, 0.4) is 0 Å². The van der Waals surface area contributed by atoms with E-state index in [1.54, 1.807) is 24.3 Å². The van der Waals surface area contributed by atoms with Crippen LogP contribution in [-0.2, 0) is 27.5 Å². The predicted molar refractivity (Wildman–Crippen MR) is 193 cm³/mol. The van der Waals surface area contributed by atoms with Crippen molar-refractivity contribution in [1.29, 1.82) is 0 Å². The van der Waals surface area contributed by atoms with Crippen molar-refractivity contribution in [1.82, 2.24) is 0 Å². The molecule has 3 aromatic rings. The molecule has 0 fully saturated rings. The zero-order chi connectivity index (χ0) is 34.9. The molecule has 5 rings (SSSR count). The summed E-state index contributed by atoms with van der Waals surface area (Å²) in [5.41, 5.74) is 6.11. The summed E-state index contributed by atoms with van der Waals surface area (Å²) in [6, 6.07) is 16.8. The van der Waals surface area contributed by atoms with Crippen molar-refractivity contribution in [3.05, 3.63) is 118 Å². The number of carboxylic acid groups (broad SMARTS) is 1. The Morgan fingerprint density at radius 1 is 1.00 bits per heavy atom. The number of nitrogens with zero attached hydrogens (tertiary/aromatic N) is 3. The smallest absolute Gasteiger partial charge is 0.335 e.